The smallest absolute Gasteiger partial charge is 0.322 e. The number of ether oxygens (including phenoxy) is 2. The number of carbonyl (C=O) groups is 1. The summed E-state index contributed by atoms with van der Waals surface area (Å²) < 4.78 is 40.0. The molecule has 0 spiro atoms. The fraction of sp³-hybridized carbons (Fsp3) is 0.571. The van der Waals surface area contributed by atoms with E-state index >= 15 is 0 Å². The molecule has 1 aromatic carbocycles. The molecule has 2 aromatic heterocycles. The summed E-state index contributed by atoms with van der Waals surface area (Å²) in [6, 6.07) is 8.87. The second-order valence-electron chi connectivity index (χ2n) is 10.5. The number of para-hydroxylation sites is 2. The quantitative estimate of drug-likeness (QED) is 0.391. The van der Waals surface area contributed by atoms with E-state index < -0.39 is 6.43 Å². The summed E-state index contributed by atoms with van der Waals surface area (Å²) in [7, 11) is 3.39. The van der Waals surface area contributed by atoms with Crippen LogP contribution in [0.2, 0.25) is 0 Å². The molecule has 5 rings (SSSR count). The highest BCUT2D eigenvalue weighted by Crippen LogP contribution is 2.31. The summed E-state index contributed by atoms with van der Waals surface area (Å²) in [4.78, 5) is 29.8. The highest BCUT2D eigenvalue weighted by molar-refractivity contribution is 5.78. The normalized spacial score (nSPS) is 20.7. The van der Waals surface area contributed by atoms with Gasteiger partial charge in [-0.3, -0.25) is 14.3 Å². The number of hydrogen-bond acceptors (Lipinski definition) is 9. The molecule has 0 bridgehead atoms. The second-order valence-corrected chi connectivity index (χ2v) is 10.5. The van der Waals surface area contributed by atoms with E-state index in [0.717, 1.165) is 25.7 Å². The Morgan fingerprint density at radius 3 is 2.52 bits per heavy atom. The van der Waals surface area contributed by atoms with E-state index in [0.29, 0.717) is 73.4 Å². The molecule has 0 amide bonds. The van der Waals surface area contributed by atoms with Crippen LogP contribution in [0, 0.1) is 5.92 Å². The van der Waals surface area contributed by atoms with E-state index in [1.807, 2.05) is 14.0 Å². The van der Waals surface area contributed by atoms with Crippen LogP contribution in [-0.4, -0.2) is 89.5 Å². The van der Waals surface area contributed by atoms with Gasteiger partial charge in [0, 0.05) is 31.7 Å². The molecule has 1 aliphatic heterocycles. The fourth-order valence-electron chi connectivity index (χ4n) is 5.65. The van der Waals surface area contributed by atoms with Crippen molar-refractivity contribution in [2.24, 2.45) is 5.92 Å². The number of methoxy groups -OCH3 is 1. The van der Waals surface area contributed by atoms with Crippen LogP contribution < -0.4 is 10.2 Å². The van der Waals surface area contributed by atoms with Crippen molar-refractivity contribution in [1.82, 2.24) is 24.4 Å². The number of imidazole rings is 1. The third kappa shape index (κ3) is 6.02. The fourth-order valence-corrected chi connectivity index (χ4v) is 5.65. The molecule has 1 atom stereocenters. The molecule has 1 N–H and O–H groups in total. The SMILES string of the molecule is COC(=O)C(C)N(C)[C@H]1CC[C@H](CNc2nc(N3CCOCC3)cc(-n3c(C(F)F)nc4ccccc43)n2)CC1. The number of aromatic nitrogens is 4. The Morgan fingerprint density at radius 1 is 1.12 bits per heavy atom. The third-order valence-corrected chi connectivity index (χ3v) is 8.14. The van der Waals surface area contributed by atoms with Gasteiger partial charge in [0.25, 0.3) is 6.43 Å². The lowest BCUT2D eigenvalue weighted by Crippen LogP contribution is -2.45. The van der Waals surface area contributed by atoms with Gasteiger partial charge in [0.2, 0.25) is 5.95 Å². The maximum atomic E-state index is 14.1. The molecule has 2 fully saturated rings. The van der Waals surface area contributed by atoms with E-state index in [4.69, 9.17) is 19.4 Å². The lowest BCUT2D eigenvalue weighted by atomic mass is 9.85. The van der Waals surface area contributed by atoms with Gasteiger partial charge in [-0.05, 0) is 57.7 Å². The van der Waals surface area contributed by atoms with Crippen molar-refractivity contribution < 1.29 is 23.0 Å². The number of alkyl halides is 2. The van der Waals surface area contributed by atoms with Crippen molar-refractivity contribution in [3.05, 3.63) is 36.2 Å². The molecule has 0 radical (unpaired) electrons. The highest BCUT2D eigenvalue weighted by atomic mass is 19.3. The number of halogens is 2. The Kier molecular flexibility index (Phi) is 8.75. The van der Waals surface area contributed by atoms with Crippen molar-refractivity contribution in [2.75, 3.05) is 57.2 Å². The van der Waals surface area contributed by atoms with E-state index in [1.165, 1.54) is 11.7 Å². The summed E-state index contributed by atoms with van der Waals surface area (Å²) in [5.41, 5.74) is 1.06. The van der Waals surface area contributed by atoms with Gasteiger partial charge in [-0.2, -0.15) is 9.97 Å². The molecule has 12 heteroatoms. The Balaban J connectivity index is 1.36. The monoisotopic (exact) mass is 557 g/mol. The molecule has 1 saturated carbocycles. The first-order valence-electron chi connectivity index (χ1n) is 13.9. The van der Waals surface area contributed by atoms with Crippen molar-refractivity contribution >= 4 is 28.8 Å². The Bertz CT molecular complexity index is 1310. The molecule has 1 unspecified atom stereocenters. The molecule has 3 heterocycles. The number of carbonyl (C=O) groups excluding carboxylic acids is 1. The first kappa shape index (κ1) is 28.2. The second kappa shape index (κ2) is 12.4. The topological polar surface area (TPSA) is 97.6 Å². The van der Waals surface area contributed by atoms with Crippen LogP contribution in [0.4, 0.5) is 20.5 Å². The standard InChI is InChI=1S/C28H37F2N7O3/c1-18(27(38)39-3)35(2)20-10-8-19(9-11-20)17-31-28-33-23(36-12-14-40-15-13-36)16-24(34-28)37-22-7-5-4-6-21(22)32-26(37)25(29)30/h4-7,16,18-20,25H,8-15,17H2,1-3H3,(H,31,33,34)/t18?,19-,20-. The lowest BCUT2D eigenvalue weighted by Gasteiger charge is -2.37. The zero-order chi connectivity index (χ0) is 28.2. The maximum absolute atomic E-state index is 14.1. The average Bonchev–Trinajstić information content (AvgIpc) is 3.40. The lowest BCUT2D eigenvalue weighted by molar-refractivity contribution is -0.146. The van der Waals surface area contributed by atoms with Gasteiger partial charge in [-0.15, -0.1) is 0 Å². The van der Waals surface area contributed by atoms with Crippen LogP contribution in [0.15, 0.2) is 30.3 Å². The van der Waals surface area contributed by atoms with Crippen molar-refractivity contribution in [1.29, 1.82) is 0 Å². The van der Waals surface area contributed by atoms with Crippen molar-refractivity contribution in [3.8, 4) is 5.82 Å². The number of fused-ring (bicyclic) bond motifs is 1. The summed E-state index contributed by atoms with van der Waals surface area (Å²) >= 11 is 0. The number of morpholine rings is 1. The van der Waals surface area contributed by atoms with Gasteiger partial charge >= 0.3 is 5.97 Å². The van der Waals surface area contributed by atoms with E-state index in [2.05, 4.69) is 20.1 Å². The minimum atomic E-state index is -2.76. The predicted molar refractivity (Wildman–Crippen MR) is 148 cm³/mol. The number of nitrogens with one attached hydrogen (secondary N) is 1. The molecule has 216 valence electrons. The highest BCUT2D eigenvalue weighted by Gasteiger charge is 2.30. The molecule has 40 heavy (non-hydrogen) atoms. The summed E-state index contributed by atoms with van der Waals surface area (Å²) in [5.74, 6) is 1.25. The molecule has 3 aromatic rings. The van der Waals surface area contributed by atoms with Gasteiger partial charge < -0.3 is 19.7 Å². The van der Waals surface area contributed by atoms with Crippen LogP contribution in [0.25, 0.3) is 16.9 Å². The van der Waals surface area contributed by atoms with Gasteiger partial charge in [-0.1, -0.05) is 12.1 Å². The number of nitrogens with zero attached hydrogens (tertiary/aromatic N) is 6. The molecule has 2 aliphatic rings. The van der Waals surface area contributed by atoms with Crippen LogP contribution in [0.5, 0.6) is 0 Å². The van der Waals surface area contributed by atoms with Crippen LogP contribution in [-0.2, 0) is 14.3 Å². The molecular formula is C28H37F2N7O3. The zero-order valence-electron chi connectivity index (χ0n) is 23.2. The molecule has 10 nitrogen and oxygen atoms in total. The van der Waals surface area contributed by atoms with Gasteiger partial charge in [-0.25, -0.2) is 13.8 Å². The first-order chi connectivity index (χ1) is 19.4. The van der Waals surface area contributed by atoms with Crippen LogP contribution >= 0.6 is 0 Å². The Morgan fingerprint density at radius 2 is 1.82 bits per heavy atom. The summed E-state index contributed by atoms with van der Waals surface area (Å²) in [5, 5.41) is 3.40. The Hall–Kier alpha value is -3.38. The first-order valence-corrected chi connectivity index (χ1v) is 13.9. The number of rotatable bonds is 9. The van der Waals surface area contributed by atoms with Crippen molar-refractivity contribution in [2.45, 2.75) is 51.1 Å². The number of benzene rings is 1. The Labute approximate surface area is 232 Å². The number of likely N-dealkylation sites (N-methyl/N-ethyl adjacent to an activating group) is 1. The van der Waals surface area contributed by atoms with Crippen LogP contribution in [0.1, 0.15) is 44.9 Å². The van der Waals surface area contributed by atoms with E-state index in [-0.39, 0.29) is 17.8 Å². The van der Waals surface area contributed by atoms with Gasteiger partial charge in [0.05, 0.1) is 31.4 Å². The van der Waals surface area contributed by atoms with E-state index in [9.17, 15) is 13.6 Å². The predicted octanol–water partition coefficient (Wildman–Crippen LogP) is 4.05. The largest absolute Gasteiger partial charge is 0.468 e. The molecular weight excluding hydrogens is 520 g/mol. The number of hydrogen-bond donors (Lipinski definition) is 1. The molecule has 1 saturated heterocycles. The van der Waals surface area contributed by atoms with Gasteiger partial charge in [0.1, 0.15) is 17.7 Å². The van der Waals surface area contributed by atoms with Crippen LogP contribution in [0.3, 0.4) is 0 Å². The third-order valence-electron chi connectivity index (χ3n) is 8.14. The average molecular weight is 558 g/mol. The van der Waals surface area contributed by atoms with Gasteiger partial charge in [0.15, 0.2) is 5.82 Å². The summed E-state index contributed by atoms with van der Waals surface area (Å²) in [6.45, 7) is 5.00. The zero-order valence-corrected chi connectivity index (χ0v) is 23.2. The molecule has 1 aliphatic carbocycles. The number of anilines is 2. The minimum Gasteiger partial charge on any atom is -0.468 e. The maximum Gasteiger partial charge on any atom is 0.322 e. The minimum absolute atomic E-state index is 0.222. The summed E-state index contributed by atoms with van der Waals surface area (Å²) in [6.07, 6.45) is 1.17. The van der Waals surface area contributed by atoms with Crippen molar-refractivity contribution in [3.63, 3.8) is 0 Å². The van der Waals surface area contributed by atoms with E-state index in [1.54, 1.807) is 30.3 Å². The number of esters is 1.